The molecule has 0 aromatic heterocycles. The Labute approximate surface area is 151 Å². The van der Waals surface area contributed by atoms with Crippen molar-refractivity contribution in [1.29, 1.82) is 0 Å². The van der Waals surface area contributed by atoms with Gasteiger partial charge in [0.2, 0.25) is 0 Å². The van der Waals surface area contributed by atoms with Crippen molar-refractivity contribution in [2.24, 2.45) is 0 Å². The summed E-state index contributed by atoms with van der Waals surface area (Å²) in [5, 5.41) is 11.7. The summed E-state index contributed by atoms with van der Waals surface area (Å²) in [7, 11) is 0. The zero-order chi connectivity index (χ0) is 17.1. The van der Waals surface area contributed by atoms with Gasteiger partial charge in [-0.25, -0.2) is 0 Å². The first-order valence-corrected chi connectivity index (χ1v) is 8.49. The van der Waals surface area contributed by atoms with Crippen LogP contribution in [0, 0.1) is 0 Å². The highest BCUT2D eigenvalue weighted by Crippen LogP contribution is 2.33. The largest absolute Gasteiger partial charge is 0.507 e. The van der Waals surface area contributed by atoms with Crippen LogP contribution in [0.1, 0.15) is 35.2 Å². The average Bonchev–Trinajstić information content (AvgIpc) is 2.59. The predicted molar refractivity (Wildman–Crippen MR) is 98.7 cm³/mol. The number of rotatable bonds is 3. The van der Waals surface area contributed by atoms with Crippen molar-refractivity contribution in [2.45, 2.75) is 19.3 Å². The number of halogens is 2. The van der Waals surface area contributed by atoms with E-state index in [0.717, 1.165) is 17.6 Å². The molecule has 0 saturated heterocycles. The Morgan fingerprint density at radius 2 is 1.79 bits per heavy atom. The van der Waals surface area contributed by atoms with Gasteiger partial charge in [0.25, 0.3) is 0 Å². The van der Waals surface area contributed by atoms with E-state index in [1.54, 1.807) is 30.3 Å². The lowest BCUT2D eigenvalue weighted by Gasteiger charge is -2.18. The number of ketones is 1. The summed E-state index contributed by atoms with van der Waals surface area (Å²) in [6.07, 6.45) is 3.92. The third kappa shape index (κ3) is 3.55. The maximum Gasteiger partial charge on any atom is 0.192 e. The molecule has 0 amide bonds. The van der Waals surface area contributed by atoms with Crippen molar-refractivity contribution in [3.8, 4) is 0 Å². The third-order valence-corrected chi connectivity index (χ3v) is 4.63. The number of allylic oxidation sites excluding steroid dienone is 2. The van der Waals surface area contributed by atoms with Gasteiger partial charge in [-0.1, -0.05) is 59.6 Å². The van der Waals surface area contributed by atoms with E-state index in [0.29, 0.717) is 34.0 Å². The first-order valence-electron chi connectivity index (χ1n) is 7.74. The number of aliphatic hydroxyl groups excluding tert-OH is 1. The molecule has 0 spiro atoms. The van der Waals surface area contributed by atoms with Crippen molar-refractivity contribution in [3.05, 3.63) is 86.6 Å². The Hall–Kier alpha value is -2.03. The fourth-order valence-corrected chi connectivity index (χ4v) is 3.28. The lowest BCUT2D eigenvalue weighted by Crippen LogP contribution is -2.12. The molecular formula is C20H16Cl2O2. The lowest BCUT2D eigenvalue weighted by molar-refractivity contribution is 0.102. The number of benzene rings is 2. The van der Waals surface area contributed by atoms with Crippen molar-refractivity contribution in [1.82, 2.24) is 0 Å². The molecule has 0 heterocycles. The van der Waals surface area contributed by atoms with E-state index in [1.807, 2.05) is 24.3 Å². The average molecular weight is 359 g/mol. The highest BCUT2D eigenvalue weighted by Gasteiger charge is 2.23. The smallest absolute Gasteiger partial charge is 0.192 e. The summed E-state index contributed by atoms with van der Waals surface area (Å²) in [6, 6.07) is 14.2. The molecule has 0 bridgehead atoms. The predicted octanol–water partition coefficient (Wildman–Crippen LogP) is 6.26. The van der Waals surface area contributed by atoms with Crippen LogP contribution in [0.2, 0.25) is 10.0 Å². The SMILES string of the molecule is O=C(C1=C(O)/C(=C/c2ccc(Cl)cc2Cl)CCC1)c1ccccc1. The van der Waals surface area contributed by atoms with Gasteiger partial charge in [-0.2, -0.15) is 0 Å². The molecule has 4 heteroatoms. The van der Waals surface area contributed by atoms with E-state index >= 15 is 0 Å². The lowest BCUT2D eigenvalue weighted by atomic mass is 9.88. The quantitative estimate of drug-likeness (QED) is 0.657. The van der Waals surface area contributed by atoms with E-state index in [4.69, 9.17) is 23.2 Å². The monoisotopic (exact) mass is 358 g/mol. The van der Waals surface area contributed by atoms with Crippen molar-refractivity contribution < 1.29 is 9.90 Å². The van der Waals surface area contributed by atoms with Crippen LogP contribution in [0.15, 0.2) is 65.4 Å². The van der Waals surface area contributed by atoms with Gasteiger partial charge in [-0.15, -0.1) is 0 Å². The van der Waals surface area contributed by atoms with Crippen LogP contribution >= 0.6 is 23.2 Å². The highest BCUT2D eigenvalue weighted by molar-refractivity contribution is 6.35. The zero-order valence-corrected chi connectivity index (χ0v) is 14.4. The van der Waals surface area contributed by atoms with Gasteiger partial charge in [-0.05, 0) is 48.6 Å². The van der Waals surface area contributed by atoms with Crippen LogP contribution < -0.4 is 0 Å². The summed E-state index contributed by atoms with van der Waals surface area (Å²) in [6.45, 7) is 0. The van der Waals surface area contributed by atoms with Crippen molar-refractivity contribution >= 4 is 35.1 Å². The minimum atomic E-state index is -0.124. The highest BCUT2D eigenvalue weighted by atomic mass is 35.5. The van der Waals surface area contributed by atoms with Gasteiger partial charge < -0.3 is 5.11 Å². The van der Waals surface area contributed by atoms with E-state index in [2.05, 4.69) is 0 Å². The Morgan fingerprint density at radius 3 is 2.50 bits per heavy atom. The minimum absolute atomic E-state index is 0.0705. The summed E-state index contributed by atoms with van der Waals surface area (Å²) in [5.41, 5.74) is 2.55. The molecule has 0 fully saturated rings. The molecule has 0 unspecified atom stereocenters. The zero-order valence-electron chi connectivity index (χ0n) is 12.9. The molecule has 2 aromatic carbocycles. The number of carbonyl (C=O) groups excluding carboxylic acids is 1. The Bertz CT molecular complexity index is 836. The number of Topliss-reactive ketones (excluding diaryl/α,β-unsaturated/α-hetero) is 1. The van der Waals surface area contributed by atoms with Gasteiger partial charge in [-0.3, -0.25) is 4.79 Å². The molecule has 0 radical (unpaired) electrons. The summed E-state index contributed by atoms with van der Waals surface area (Å²) < 4.78 is 0. The normalized spacial score (nSPS) is 16.5. The van der Waals surface area contributed by atoms with Gasteiger partial charge >= 0.3 is 0 Å². The van der Waals surface area contributed by atoms with Crippen LogP contribution in [-0.2, 0) is 0 Å². The van der Waals surface area contributed by atoms with Crippen LogP contribution in [0.4, 0.5) is 0 Å². The van der Waals surface area contributed by atoms with E-state index in [9.17, 15) is 9.90 Å². The van der Waals surface area contributed by atoms with Crippen LogP contribution in [0.25, 0.3) is 6.08 Å². The molecule has 1 aliphatic carbocycles. The number of carbonyl (C=O) groups is 1. The Morgan fingerprint density at radius 1 is 1.04 bits per heavy atom. The molecular weight excluding hydrogens is 343 g/mol. The molecule has 1 aliphatic rings. The molecule has 24 heavy (non-hydrogen) atoms. The van der Waals surface area contributed by atoms with E-state index in [-0.39, 0.29) is 11.5 Å². The fraction of sp³-hybridized carbons (Fsp3) is 0.150. The van der Waals surface area contributed by atoms with Crippen LogP contribution in [0.3, 0.4) is 0 Å². The number of hydrogen-bond acceptors (Lipinski definition) is 2. The first kappa shape index (κ1) is 16.8. The second-order valence-electron chi connectivity index (χ2n) is 5.71. The molecule has 0 atom stereocenters. The minimum Gasteiger partial charge on any atom is -0.507 e. The summed E-state index contributed by atoms with van der Waals surface area (Å²) in [5.74, 6) is -0.0537. The second-order valence-corrected chi connectivity index (χ2v) is 6.55. The Balaban J connectivity index is 1.98. The van der Waals surface area contributed by atoms with E-state index in [1.165, 1.54) is 0 Å². The molecule has 122 valence electrons. The topological polar surface area (TPSA) is 37.3 Å². The van der Waals surface area contributed by atoms with Crippen molar-refractivity contribution in [3.63, 3.8) is 0 Å². The van der Waals surface area contributed by atoms with Gasteiger partial charge in [0.1, 0.15) is 5.76 Å². The third-order valence-electron chi connectivity index (χ3n) is 4.07. The fourth-order valence-electron chi connectivity index (χ4n) is 2.82. The standard InChI is InChI=1S/C20H16Cl2O2/c21-16-10-9-14(18(22)12-16)11-15-7-4-8-17(20(15)24)19(23)13-5-2-1-3-6-13/h1-3,5-6,9-12,24H,4,7-8H2/b15-11+. The van der Waals surface area contributed by atoms with Crippen LogP contribution in [-0.4, -0.2) is 10.9 Å². The molecule has 0 saturated carbocycles. The molecule has 2 nitrogen and oxygen atoms in total. The maximum absolute atomic E-state index is 12.6. The second kappa shape index (κ2) is 7.25. The summed E-state index contributed by atoms with van der Waals surface area (Å²) >= 11 is 12.1. The van der Waals surface area contributed by atoms with Crippen LogP contribution in [0.5, 0.6) is 0 Å². The number of aliphatic hydroxyl groups is 1. The van der Waals surface area contributed by atoms with E-state index < -0.39 is 0 Å². The Kier molecular flexibility index (Phi) is 5.08. The molecule has 2 aromatic rings. The maximum atomic E-state index is 12.6. The molecule has 0 aliphatic heterocycles. The number of hydrogen-bond donors (Lipinski definition) is 1. The first-order chi connectivity index (χ1) is 11.6. The molecule has 1 N–H and O–H groups in total. The molecule has 3 rings (SSSR count). The van der Waals surface area contributed by atoms with Gasteiger partial charge in [0.15, 0.2) is 5.78 Å². The van der Waals surface area contributed by atoms with Crippen molar-refractivity contribution in [2.75, 3.05) is 0 Å². The van der Waals surface area contributed by atoms with Gasteiger partial charge in [0.05, 0.1) is 0 Å². The summed E-state index contributed by atoms with van der Waals surface area (Å²) in [4.78, 5) is 12.6. The van der Waals surface area contributed by atoms with Gasteiger partial charge in [0, 0.05) is 21.2 Å².